The minimum absolute atomic E-state index is 0.681. The second-order valence-corrected chi connectivity index (χ2v) is 5.18. The molecule has 0 spiro atoms. The van der Waals surface area contributed by atoms with Gasteiger partial charge in [0.1, 0.15) is 5.65 Å². The highest BCUT2D eigenvalue weighted by Gasteiger charge is 2.21. The van der Waals surface area contributed by atoms with E-state index in [-0.39, 0.29) is 0 Å². The second-order valence-electron chi connectivity index (χ2n) is 5.18. The van der Waals surface area contributed by atoms with Crippen LogP contribution in [-0.4, -0.2) is 33.9 Å². The van der Waals surface area contributed by atoms with Crippen molar-refractivity contribution in [1.29, 1.82) is 0 Å². The fourth-order valence-electron chi connectivity index (χ4n) is 2.71. The van der Waals surface area contributed by atoms with Gasteiger partial charge in [0.25, 0.3) is 0 Å². The number of hydrogen-bond donors (Lipinski definition) is 0. The zero-order valence-electron chi connectivity index (χ0n) is 10.6. The lowest BCUT2D eigenvalue weighted by Crippen LogP contribution is -2.26. The van der Waals surface area contributed by atoms with Crippen LogP contribution in [0.5, 0.6) is 0 Å². The molecule has 0 N–H and O–H groups in total. The summed E-state index contributed by atoms with van der Waals surface area (Å²) in [5.41, 5.74) is 3.56. The Morgan fingerprint density at radius 1 is 1.47 bits per heavy atom. The molecule has 17 heavy (non-hydrogen) atoms. The third-order valence-corrected chi connectivity index (χ3v) is 3.78. The summed E-state index contributed by atoms with van der Waals surface area (Å²) in [6.07, 6.45) is 7.98. The highest BCUT2D eigenvalue weighted by molar-refractivity contribution is 5.42. The molecule has 1 saturated heterocycles. The Kier molecular flexibility index (Phi) is 2.63. The predicted molar refractivity (Wildman–Crippen MR) is 69.3 cm³/mol. The molecule has 2 aromatic rings. The molecule has 3 rings (SSSR count). The Morgan fingerprint density at radius 2 is 2.35 bits per heavy atom. The standard InChI is InChI=1S/C14H19N3/c1-11-5-7-17-10-12(15-14(17)8-11)9-13-4-3-6-16(13)2/h5,7-8,10,13H,3-4,6,9H2,1-2H3. The van der Waals surface area contributed by atoms with E-state index in [2.05, 4.69) is 47.8 Å². The summed E-state index contributed by atoms with van der Waals surface area (Å²) in [6, 6.07) is 4.95. The summed E-state index contributed by atoms with van der Waals surface area (Å²) in [6.45, 7) is 3.34. The fraction of sp³-hybridized carbons (Fsp3) is 0.500. The number of aryl methyl sites for hydroxylation is 1. The van der Waals surface area contributed by atoms with Crippen LogP contribution in [-0.2, 0) is 6.42 Å². The number of hydrogen-bond acceptors (Lipinski definition) is 2. The van der Waals surface area contributed by atoms with E-state index in [1.807, 2.05) is 0 Å². The number of imidazole rings is 1. The number of likely N-dealkylation sites (tertiary alicyclic amines) is 1. The van der Waals surface area contributed by atoms with Crippen molar-refractivity contribution in [3.8, 4) is 0 Å². The molecule has 0 amide bonds. The largest absolute Gasteiger partial charge is 0.307 e. The lowest BCUT2D eigenvalue weighted by molar-refractivity contribution is 0.308. The molecule has 0 aliphatic carbocycles. The summed E-state index contributed by atoms with van der Waals surface area (Å²) in [7, 11) is 2.22. The summed E-state index contributed by atoms with van der Waals surface area (Å²) < 4.78 is 2.12. The molecule has 1 aliphatic rings. The Bertz CT molecular complexity index is 529. The summed E-state index contributed by atoms with van der Waals surface area (Å²) >= 11 is 0. The van der Waals surface area contributed by atoms with E-state index in [1.165, 1.54) is 30.6 Å². The molecule has 3 heterocycles. The average molecular weight is 229 g/mol. The van der Waals surface area contributed by atoms with Crippen LogP contribution in [0.3, 0.4) is 0 Å². The molecule has 90 valence electrons. The molecular weight excluding hydrogens is 210 g/mol. The Labute approximate surface area is 102 Å². The van der Waals surface area contributed by atoms with E-state index >= 15 is 0 Å². The zero-order valence-corrected chi connectivity index (χ0v) is 10.6. The van der Waals surface area contributed by atoms with E-state index in [0.29, 0.717) is 6.04 Å². The molecule has 0 saturated carbocycles. The van der Waals surface area contributed by atoms with Gasteiger partial charge in [0, 0.05) is 24.9 Å². The van der Waals surface area contributed by atoms with Gasteiger partial charge in [-0.05, 0) is 51.1 Å². The SMILES string of the molecule is Cc1ccn2cc(CC3CCCN3C)nc2c1. The van der Waals surface area contributed by atoms with Gasteiger partial charge in [-0.1, -0.05) is 0 Å². The first-order chi connectivity index (χ1) is 8.22. The highest BCUT2D eigenvalue weighted by Crippen LogP contribution is 2.19. The molecule has 1 aliphatic heterocycles. The second kappa shape index (κ2) is 4.15. The van der Waals surface area contributed by atoms with Crippen LogP contribution >= 0.6 is 0 Å². The maximum absolute atomic E-state index is 4.71. The summed E-state index contributed by atoms with van der Waals surface area (Å²) in [5.74, 6) is 0. The van der Waals surface area contributed by atoms with Gasteiger partial charge in [-0.2, -0.15) is 0 Å². The number of pyridine rings is 1. The van der Waals surface area contributed by atoms with E-state index < -0.39 is 0 Å². The maximum atomic E-state index is 4.71. The van der Waals surface area contributed by atoms with Gasteiger partial charge in [-0.15, -0.1) is 0 Å². The van der Waals surface area contributed by atoms with Gasteiger partial charge in [0.2, 0.25) is 0 Å². The van der Waals surface area contributed by atoms with Gasteiger partial charge >= 0.3 is 0 Å². The Balaban J connectivity index is 1.85. The van der Waals surface area contributed by atoms with Crippen molar-refractivity contribution in [2.75, 3.05) is 13.6 Å². The minimum atomic E-state index is 0.681. The van der Waals surface area contributed by atoms with Crippen LogP contribution in [0.1, 0.15) is 24.1 Å². The van der Waals surface area contributed by atoms with Crippen LogP contribution in [0, 0.1) is 6.92 Å². The van der Waals surface area contributed by atoms with Crippen LogP contribution < -0.4 is 0 Å². The van der Waals surface area contributed by atoms with Crippen LogP contribution in [0.2, 0.25) is 0 Å². The van der Waals surface area contributed by atoms with Crippen molar-refractivity contribution in [2.45, 2.75) is 32.2 Å². The normalized spacial score (nSPS) is 21.4. The molecule has 1 unspecified atom stereocenters. The Hall–Kier alpha value is -1.35. The highest BCUT2D eigenvalue weighted by atomic mass is 15.1. The van der Waals surface area contributed by atoms with Crippen LogP contribution in [0.4, 0.5) is 0 Å². The van der Waals surface area contributed by atoms with Gasteiger partial charge in [-0.25, -0.2) is 4.98 Å². The molecule has 0 aromatic carbocycles. The fourth-order valence-corrected chi connectivity index (χ4v) is 2.71. The van der Waals surface area contributed by atoms with Crippen molar-refractivity contribution in [3.05, 3.63) is 35.8 Å². The Morgan fingerprint density at radius 3 is 3.12 bits per heavy atom. The third kappa shape index (κ3) is 2.07. The zero-order chi connectivity index (χ0) is 11.8. The molecule has 2 aromatic heterocycles. The van der Waals surface area contributed by atoms with Crippen LogP contribution in [0.15, 0.2) is 24.5 Å². The molecule has 1 fully saturated rings. The van der Waals surface area contributed by atoms with Crippen molar-refractivity contribution in [2.24, 2.45) is 0 Å². The van der Waals surface area contributed by atoms with Gasteiger partial charge in [-0.3, -0.25) is 0 Å². The smallest absolute Gasteiger partial charge is 0.137 e. The van der Waals surface area contributed by atoms with Crippen molar-refractivity contribution >= 4 is 5.65 Å². The first kappa shape index (κ1) is 10.8. The van der Waals surface area contributed by atoms with Crippen molar-refractivity contribution in [1.82, 2.24) is 14.3 Å². The quantitative estimate of drug-likeness (QED) is 0.787. The number of aromatic nitrogens is 2. The van der Waals surface area contributed by atoms with E-state index in [9.17, 15) is 0 Å². The van der Waals surface area contributed by atoms with Gasteiger partial charge in [0.15, 0.2) is 0 Å². The van der Waals surface area contributed by atoms with E-state index in [1.54, 1.807) is 0 Å². The molecular formula is C14H19N3. The molecule has 3 nitrogen and oxygen atoms in total. The van der Waals surface area contributed by atoms with Crippen molar-refractivity contribution in [3.63, 3.8) is 0 Å². The lowest BCUT2D eigenvalue weighted by Gasteiger charge is -2.17. The molecule has 1 atom stereocenters. The first-order valence-electron chi connectivity index (χ1n) is 6.37. The van der Waals surface area contributed by atoms with E-state index in [4.69, 9.17) is 4.98 Å². The minimum Gasteiger partial charge on any atom is -0.307 e. The van der Waals surface area contributed by atoms with Gasteiger partial charge in [0.05, 0.1) is 5.69 Å². The number of fused-ring (bicyclic) bond motifs is 1. The van der Waals surface area contributed by atoms with Crippen LogP contribution in [0.25, 0.3) is 5.65 Å². The molecule has 3 heteroatoms. The predicted octanol–water partition coefficient (Wildman–Crippen LogP) is 2.28. The third-order valence-electron chi connectivity index (χ3n) is 3.78. The molecule has 0 bridgehead atoms. The topological polar surface area (TPSA) is 20.5 Å². The first-order valence-corrected chi connectivity index (χ1v) is 6.37. The van der Waals surface area contributed by atoms with Crippen molar-refractivity contribution < 1.29 is 0 Å². The number of rotatable bonds is 2. The monoisotopic (exact) mass is 229 g/mol. The average Bonchev–Trinajstić information content (AvgIpc) is 2.85. The maximum Gasteiger partial charge on any atom is 0.137 e. The summed E-state index contributed by atoms with van der Waals surface area (Å²) in [5, 5.41) is 0. The number of likely N-dealkylation sites (N-methyl/N-ethyl adjacent to an activating group) is 1. The molecule has 0 radical (unpaired) electrons. The van der Waals surface area contributed by atoms with E-state index in [0.717, 1.165) is 12.1 Å². The number of nitrogens with zero attached hydrogens (tertiary/aromatic N) is 3. The van der Waals surface area contributed by atoms with Gasteiger partial charge < -0.3 is 9.30 Å². The summed E-state index contributed by atoms with van der Waals surface area (Å²) in [4.78, 5) is 7.16. The lowest BCUT2D eigenvalue weighted by atomic mass is 10.1.